The molecule has 0 N–H and O–H groups in total. The molecule has 0 saturated heterocycles. The topological polar surface area (TPSA) is 9.23 Å². The molecule has 4 rings (SSSR count). The summed E-state index contributed by atoms with van der Waals surface area (Å²) in [4.78, 5) is 0. The molecule has 4 fully saturated rings. The van der Waals surface area contributed by atoms with Crippen LogP contribution in [-0.2, 0) is 4.74 Å². The molecule has 35 heavy (non-hydrogen) atoms. The van der Waals surface area contributed by atoms with Crippen LogP contribution in [0.25, 0.3) is 0 Å². The third kappa shape index (κ3) is 6.23. The van der Waals surface area contributed by atoms with Gasteiger partial charge in [-0.05, 0) is 68.6 Å². The van der Waals surface area contributed by atoms with Crippen molar-refractivity contribution in [2.75, 3.05) is 0 Å². The van der Waals surface area contributed by atoms with E-state index in [-0.39, 0.29) is 11.3 Å². The minimum atomic E-state index is -4.32. The maximum atomic E-state index is 15.2. The van der Waals surface area contributed by atoms with Gasteiger partial charge < -0.3 is 4.74 Å². The zero-order chi connectivity index (χ0) is 25.5. The van der Waals surface area contributed by atoms with Crippen molar-refractivity contribution >= 4 is 11.6 Å². The van der Waals surface area contributed by atoms with Crippen LogP contribution in [0.5, 0.6) is 0 Å². The summed E-state index contributed by atoms with van der Waals surface area (Å²) < 4.78 is 120. The van der Waals surface area contributed by atoms with Gasteiger partial charge in [0.1, 0.15) is 36.8 Å². The summed E-state index contributed by atoms with van der Waals surface area (Å²) >= 11 is 6.28. The highest BCUT2D eigenvalue weighted by atomic mass is 35.5. The zero-order valence-electron chi connectivity index (χ0n) is 19.6. The lowest BCUT2D eigenvalue weighted by atomic mass is 9.64. The molecule has 0 radical (unpaired) electrons. The van der Waals surface area contributed by atoms with Gasteiger partial charge in [-0.25, -0.2) is 26.3 Å². The van der Waals surface area contributed by atoms with Gasteiger partial charge in [0.05, 0.1) is 6.10 Å². The van der Waals surface area contributed by atoms with Crippen LogP contribution >= 0.6 is 11.6 Å². The average molecular weight is 539 g/mol. The zero-order valence-corrected chi connectivity index (χ0v) is 20.3. The van der Waals surface area contributed by atoms with E-state index in [4.69, 9.17) is 11.6 Å². The van der Waals surface area contributed by atoms with Crippen molar-refractivity contribution in [1.29, 1.82) is 0 Å². The molecule has 204 valence electrons. The first-order valence-corrected chi connectivity index (χ1v) is 13.4. The van der Waals surface area contributed by atoms with Crippen LogP contribution in [0.15, 0.2) is 0 Å². The van der Waals surface area contributed by atoms with Crippen molar-refractivity contribution in [3.05, 3.63) is 0 Å². The minimum absolute atomic E-state index is 0.0990. The summed E-state index contributed by atoms with van der Waals surface area (Å²) in [5.74, 6) is -3.22. The molecule has 0 spiro atoms. The Balaban J connectivity index is 1.33. The first kappa shape index (κ1) is 27.7. The molecule has 4 saturated carbocycles. The molecule has 10 heteroatoms. The van der Waals surface area contributed by atoms with Crippen molar-refractivity contribution in [3.63, 3.8) is 0 Å². The van der Waals surface area contributed by atoms with E-state index < -0.39 is 92.7 Å². The Bertz CT molecular complexity index is 676. The second kappa shape index (κ2) is 11.2. The number of alkyl halides is 9. The van der Waals surface area contributed by atoms with E-state index in [0.717, 1.165) is 32.1 Å². The molecule has 0 aromatic rings. The number of ether oxygens (including phenoxy) is 1. The Kier molecular flexibility index (Phi) is 8.87. The molecule has 0 amide bonds. The van der Waals surface area contributed by atoms with Crippen molar-refractivity contribution in [3.8, 4) is 0 Å². The predicted octanol–water partition coefficient (Wildman–Crippen LogP) is 8.03. The van der Waals surface area contributed by atoms with Crippen molar-refractivity contribution in [2.24, 2.45) is 29.6 Å². The first-order valence-electron chi connectivity index (χ1n) is 13.0. The smallest absolute Gasteiger partial charge is 0.317 e. The summed E-state index contributed by atoms with van der Waals surface area (Å²) in [7, 11) is 0. The fraction of sp³-hybridized carbons (Fsp3) is 1.00. The molecule has 0 aromatic carbocycles. The average Bonchev–Trinajstić information content (AvgIpc) is 2.76. The largest absolute Gasteiger partial charge is 0.364 e. The highest BCUT2D eigenvalue weighted by Gasteiger charge is 2.57. The molecule has 0 bridgehead atoms. The van der Waals surface area contributed by atoms with Crippen LogP contribution < -0.4 is 0 Å². The van der Waals surface area contributed by atoms with Crippen molar-refractivity contribution < 1.29 is 39.9 Å². The van der Waals surface area contributed by atoms with Crippen LogP contribution in [0.3, 0.4) is 0 Å². The predicted molar refractivity (Wildman–Crippen MR) is 117 cm³/mol. The van der Waals surface area contributed by atoms with Gasteiger partial charge in [0.25, 0.3) is 0 Å². The number of rotatable bonds is 5. The third-order valence-electron chi connectivity index (χ3n) is 9.00. The fourth-order valence-corrected chi connectivity index (χ4v) is 7.55. The lowest BCUT2D eigenvalue weighted by Gasteiger charge is -2.45. The van der Waals surface area contributed by atoms with Crippen LogP contribution in [-0.4, -0.2) is 54.6 Å². The second-order valence-electron chi connectivity index (χ2n) is 11.3. The van der Waals surface area contributed by atoms with Crippen LogP contribution in [0.2, 0.25) is 0 Å². The van der Waals surface area contributed by atoms with E-state index in [1.165, 1.54) is 0 Å². The quantitative estimate of drug-likeness (QED) is 0.254. The first-order chi connectivity index (χ1) is 16.5. The Morgan fingerprint density at radius 2 is 1.17 bits per heavy atom. The van der Waals surface area contributed by atoms with Gasteiger partial charge in [0, 0.05) is 18.2 Å². The molecular formula is C25H35ClF8O. The summed E-state index contributed by atoms with van der Waals surface area (Å²) in [6, 6.07) is 0. The number of halogens is 9. The Hall–Kier alpha value is -0.310. The Morgan fingerprint density at radius 3 is 1.74 bits per heavy atom. The van der Waals surface area contributed by atoms with Crippen LogP contribution in [0.1, 0.15) is 70.6 Å². The number of hydrogen-bond acceptors (Lipinski definition) is 1. The monoisotopic (exact) mass is 538 g/mol. The Labute approximate surface area is 206 Å². The van der Waals surface area contributed by atoms with Gasteiger partial charge in [0.15, 0.2) is 6.17 Å². The highest BCUT2D eigenvalue weighted by Crippen LogP contribution is 2.50. The van der Waals surface area contributed by atoms with Gasteiger partial charge in [-0.15, -0.1) is 11.6 Å². The Morgan fingerprint density at radius 1 is 0.600 bits per heavy atom. The van der Waals surface area contributed by atoms with E-state index in [0.29, 0.717) is 18.8 Å². The standard InChI is InChI=1S/C25H35ClF8O/c26-15-3-1-2-12(6-15)13-4-5-17(18(27)7-13)14-8-19(28)23(20(29)9-14)25(33,34)35-16-10-21(30)24(32)22(31)11-16/h12-24H,1-11H2. The molecule has 4 aliphatic rings. The van der Waals surface area contributed by atoms with E-state index in [2.05, 4.69) is 4.74 Å². The summed E-state index contributed by atoms with van der Waals surface area (Å²) in [6.07, 6.45) is -16.0. The summed E-state index contributed by atoms with van der Waals surface area (Å²) in [5.41, 5.74) is 0. The van der Waals surface area contributed by atoms with Gasteiger partial charge in [-0.3, -0.25) is 0 Å². The SMILES string of the molecule is FC1CC(OC(F)(F)C2C(F)CC(C3CCC(C4CCCC(Cl)C4)CC3F)CC2F)CC(F)C1F. The number of hydrogen-bond donors (Lipinski definition) is 0. The van der Waals surface area contributed by atoms with Gasteiger partial charge in [-0.1, -0.05) is 12.8 Å². The van der Waals surface area contributed by atoms with E-state index in [9.17, 15) is 30.7 Å². The molecule has 1 nitrogen and oxygen atoms in total. The second-order valence-corrected chi connectivity index (χ2v) is 11.9. The van der Waals surface area contributed by atoms with Gasteiger partial charge in [0.2, 0.25) is 0 Å². The molecule has 9 unspecified atom stereocenters. The lowest BCUT2D eigenvalue weighted by molar-refractivity contribution is -0.323. The maximum absolute atomic E-state index is 15.2. The van der Waals surface area contributed by atoms with Crippen molar-refractivity contribution in [1.82, 2.24) is 0 Å². The third-order valence-corrected chi connectivity index (χ3v) is 9.40. The van der Waals surface area contributed by atoms with Crippen LogP contribution in [0.4, 0.5) is 35.1 Å². The summed E-state index contributed by atoms with van der Waals surface area (Å²) in [6.45, 7) is 0. The molecule has 0 aromatic heterocycles. The molecule has 0 aliphatic heterocycles. The molecule has 9 atom stereocenters. The van der Waals surface area contributed by atoms with Crippen molar-refractivity contribution in [2.45, 2.75) is 125 Å². The minimum Gasteiger partial charge on any atom is -0.317 e. The normalized spacial score (nSPS) is 50.1. The van der Waals surface area contributed by atoms with E-state index in [1.807, 2.05) is 0 Å². The molecule has 0 heterocycles. The molecule has 4 aliphatic carbocycles. The maximum Gasteiger partial charge on any atom is 0.364 e. The van der Waals surface area contributed by atoms with Crippen LogP contribution in [0, 0.1) is 29.6 Å². The van der Waals surface area contributed by atoms with Gasteiger partial charge >= 0.3 is 6.11 Å². The summed E-state index contributed by atoms with van der Waals surface area (Å²) in [5, 5.41) is 0.0990. The lowest BCUT2D eigenvalue weighted by Crippen LogP contribution is -2.52. The van der Waals surface area contributed by atoms with E-state index >= 15 is 4.39 Å². The highest BCUT2D eigenvalue weighted by molar-refractivity contribution is 6.20. The fourth-order valence-electron chi connectivity index (χ4n) is 7.17. The van der Waals surface area contributed by atoms with Gasteiger partial charge in [-0.2, -0.15) is 8.78 Å². The molecular weight excluding hydrogens is 504 g/mol. The van der Waals surface area contributed by atoms with E-state index in [1.54, 1.807) is 0 Å².